The molecule has 1 fully saturated rings. The van der Waals surface area contributed by atoms with Crippen molar-refractivity contribution in [2.24, 2.45) is 11.7 Å². The van der Waals surface area contributed by atoms with Crippen LogP contribution in [0.2, 0.25) is 0 Å². The van der Waals surface area contributed by atoms with Crippen LogP contribution in [0.3, 0.4) is 0 Å². The van der Waals surface area contributed by atoms with Gasteiger partial charge in [-0.05, 0) is 37.6 Å². The first-order valence-corrected chi connectivity index (χ1v) is 8.81. The first-order chi connectivity index (χ1) is 12.6. The van der Waals surface area contributed by atoms with Gasteiger partial charge in [0.2, 0.25) is 5.91 Å². The van der Waals surface area contributed by atoms with Gasteiger partial charge >= 0.3 is 0 Å². The average molecular weight is 353 g/mol. The van der Waals surface area contributed by atoms with Crippen LogP contribution < -0.4 is 11.1 Å². The van der Waals surface area contributed by atoms with E-state index in [1.807, 2.05) is 12.1 Å². The third kappa shape index (κ3) is 4.64. The molecule has 1 aliphatic heterocycles. The Morgan fingerprint density at radius 2 is 2.04 bits per heavy atom. The summed E-state index contributed by atoms with van der Waals surface area (Å²) in [6.45, 7) is 2.83. The molecule has 7 heteroatoms. The molecule has 3 N–H and O–H groups in total. The minimum absolute atomic E-state index is 0.0815. The first-order valence-electron chi connectivity index (χ1n) is 8.81. The molecule has 1 aromatic carbocycles. The number of primary amides is 1. The Kier molecular flexibility index (Phi) is 5.91. The van der Waals surface area contributed by atoms with Gasteiger partial charge in [0.25, 0.3) is 5.91 Å². The molecule has 1 saturated heterocycles. The van der Waals surface area contributed by atoms with E-state index in [4.69, 9.17) is 5.73 Å². The quantitative estimate of drug-likeness (QED) is 0.809. The normalized spacial score (nSPS) is 17.6. The van der Waals surface area contributed by atoms with Crippen LogP contribution in [-0.4, -0.2) is 52.9 Å². The molecule has 1 aromatic heterocycles. The highest BCUT2D eigenvalue weighted by molar-refractivity contribution is 5.95. The number of carbonyl (C=O) groups is 2. The van der Waals surface area contributed by atoms with Crippen molar-refractivity contribution < 1.29 is 9.59 Å². The first kappa shape index (κ1) is 18.0. The van der Waals surface area contributed by atoms with Gasteiger partial charge in [-0.15, -0.1) is 0 Å². The zero-order chi connectivity index (χ0) is 18.4. The second kappa shape index (κ2) is 8.53. The topological polar surface area (TPSA) is 101 Å². The third-order valence-corrected chi connectivity index (χ3v) is 4.57. The number of hydrogen-bond donors (Lipinski definition) is 2. The zero-order valence-electron chi connectivity index (χ0n) is 14.6. The van der Waals surface area contributed by atoms with Gasteiger partial charge in [0, 0.05) is 43.2 Å². The molecule has 0 bridgehead atoms. The Morgan fingerprint density at radius 1 is 1.23 bits per heavy atom. The van der Waals surface area contributed by atoms with Crippen LogP contribution in [0.5, 0.6) is 0 Å². The lowest BCUT2D eigenvalue weighted by Gasteiger charge is -2.31. The molecule has 2 aromatic rings. The summed E-state index contributed by atoms with van der Waals surface area (Å²) in [7, 11) is 0. The lowest BCUT2D eigenvalue weighted by atomic mass is 9.97. The van der Waals surface area contributed by atoms with Crippen molar-refractivity contribution in [2.45, 2.75) is 12.8 Å². The molecule has 1 unspecified atom stereocenters. The van der Waals surface area contributed by atoms with Gasteiger partial charge in [0.05, 0.1) is 5.92 Å². The number of benzene rings is 1. The van der Waals surface area contributed by atoms with Gasteiger partial charge in [-0.2, -0.15) is 0 Å². The van der Waals surface area contributed by atoms with E-state index in [1.165, 1.54) is 0 Å². The summed E-state index contributed by atoms with van der Waals surface area (Å²) in [6.07, 6.45) is 5.16. The highest BCUT2D eigenvalue weighted by Gasteiger charge is 2.23. The van der Waals surface area contributed by atoms with Gasteiger partial charge in [-0.1, -0.05) is 12.1 Å². The van der Waals surface area contributed by atoms with Gasteiger partial charge in [0.1, 0.15) is 0 Å². The van der Waals surface area contributed by atoms with Crippen molar-refractivity contribution in [1.82, 2.24) is 20.2 Å². The van der Waals surface area contributed by atoms with Crippen LogP contribution >= 0.6 is 0 Å². The SMILES string of the molecule is NC(=O)C1CCCN(CCNC(=O)c2cccc(-c3ncccn3)c2)C1. The van der Waals surface area contributed by atoms with Crippen molar-refractivity contribution >= 4 is 11.8 Å². The van der Waals surface area contributed by atoms with Crippen LogP contribution in [0.15, 0.2) is 42.7 Å². The highest BCUT2D eigenvalue weighted by atomic mass is 16.2. The largest absolute Gasteiger partial charge is 0.369 e. The maximum atomic E-state index is 12.4. The minimum Gasteiger partial charge on any atom is -0.369 e. The second-order valence-electron chi connectivity index (χ2n) is 6.45. The van der Waals surface area contributed by atoms with E-state index in [2.05, 4.69) is 20.2 Å². The van der Waals surface area contributed by atoms with E-state index >= 15 is 0 Å². The third-order valence-electron chi connectivity index (χ3n) is 4.57. The molecule has 1 atom stereocenters. The number of nitrogens with zero attached hydrogens (tertiary/aromatic N) is 3. The molecule has 2 heterocycles. The summed E-state index contributed by atoms with van der Waals surface area (Å²) in [4.78, 5) is 34.3. The van der Waals surface area contributed by atoms with Crippen molar-refractivity contribution in [3.63, 3.8) is 0 Å². The smallest absolute Gasteiger partial charge is 0.251 e. The summed E-state index contributed by atoms with van der Waals surface area (Å²) >= 11 is 0. The van der Waals surface area contributed by atoms with Gasteiger partial charge in [-0.25, -0.2) is 9.97 Å². The summed E-state index contributed by atoms with van der Waals surface area (Å²) in [5, 5.41) is 2.93. The molecule has 0 spiro atoms. The zero-order valence-corrected chi connectivity index (χ0v) is 14.6. The monoisotopic (exact) mass is 353 g/mol. The van der Waals surface area contributed by atoms with Crippen LogP contribution in [0, 0.1) is 5.92 Å². The van der Waals surface area contributed by atoms with Crippen LogP contribution in [0.1, 0.15) is 23.2 Å². The van der Waals surface area contributed by atoms with E-state index in [0.717, 1.165) is 24.9 Å². The maximum Gasteiger partial charge on any atom is 0.251 e. The van der Waals surface area contributed by atoms with Gasteiger partial charge in [0.15, 0.2) is 5.82 Å². The molecule has 7 nitrogen and oxygen atoms in total. The number of carbonyl (C=O) groups excluding carboxylic acids is 2. The average Bonchev–Trinajstić information content (AvgIpc) is 2.69. The maximum absolute atomic E-state index is 12.4. The predicted molar refractivity (Wildman–Crippen MR) is 98.2 cm³/mol. The number of aromatic nitrogens is 2. The molecular weight excluding hydrogens is 330 g/mol. The van der Waals surface area contributed by atoms with E-state index in [-0.39, 0.29) is 17.7 Å². The van der Waals surface area contributed by atoms with Gasteiger partial charge < -0.3 is 16.0 Å². The lowest BCUT2D eigenvalue weighted by molar-refractivity contribution is -0.123. The number of likely N-dealkylation sites (tertiary alicyclic amines) is 1. The Morgan fingerprint density at radius 3 is 2.81 bits per heavy atom. The Bertz CT molecular complexity index is 766. The predicted octanol–water partition coefficient (Wildman–Crippen LogP) is 1.07. The Balaban J connectivity index is 1.53. The number of amides is 2. The number of hydrogen-bond acceptors (Lipinski definition) is 5. The summed E-state index contributed by atoms with van der Waals surface area (Å²) < 4.78 is 0. The fourth-order valence-corrected chi connectivity index (χ4v) is 3.17. The molecule has 0 radical (unpaired) electrons. The molecule has 1 aliphatic rings. The number of piperidine rings is 1. The van der Waals surface area contributed by atoms with Crippen molar-refractivity contribution in [3.8, 4) is 11.4 Å². The number of nitrogens with two attached hydrogens (primary N) is 1. The fraction of sp³-hybridized carbons (Fsp3) is 0.368. The van der Waals surface area contributed by atoms with E-state index in [0.29, 0.717) is 31.0 Å². The van der Waals surface area contributed by atoms with Crippen molar-refractivity contribution in [1.29, 1.82) is 0 Å². The molecular formula is C19H23N5O2. The van der Waals surface area contributed by atoms with Crippen LogP contribution in [0.4, 0.5) is 0 Å². The standard InChI is InChI=1S/C19H23N5O2/c20-17(25)16-6-2-10-24(13-16)11-9-23-19(26)15-5-1-4-14(12-15)18-21-7-3-8-22-18/h1,3-5,7-8,12,16H,2,6,9-11,13H2,(H2,20,25)(H,23,26). The van der Waals surface area contributed by atoms with Crippen LogP contribution in [0.25, 0.3) is 11.4 Å². The molecule has 136 valence electrons. The van der Waals surface area contributed by atoms with Crippen molar-refractivity contribution in [2.75, 3.05) is 26.2 Å². The van der Waals surface area contributed by atoms with E-state index < -0.39 is 0 Å². The second-order valence-corrected chi connectivity index (χ2v) is 6.45. The summed E-state index contributed by atoms with van der Waals surface area (Å²) in [5.41, 5.74) is 6.78. The molecule has 26 heavy (non-hydrogen) atoms. The van der Waals surface area contributed by atoms with E-state index in [9.17, 15) is 9.59 Å². The van der Waals surface area contributed by atoms with Crippen LogP contribution in [-0.2, 0) is 4.79 Å². The van der Waals surface area contributed by atoms with Crippen molar-refractivity contribution in [3.05, 3.63) is 48.3 Å². The number of rotatable bonds is 6. The Hall–Kier alpha value is -2.80. The fourth-order valence-electron chi connectivity index (χ4n) is 3.17. The van der Waals surface area contributed by atoms with Gasteiger partial charge in [-0.3, -0.25) is 9.59 Å². The minimum atomic E-state index is -0.237. The lowest BCUT2D eigenvalue weighted by Crippen LogP contribution is -2.44. The molecule has 0 saturated carbocycles. The number of nitrogens with one attached hydrogen (secondary N) is 1. The van der Waals surface area contributed by atoms with E-state index in [1.54, 1.807) is 30.6 Å². The molecule has 2 amide bonds. The molecule has 3 rings (SSSR count). The highest BCUT2D eigenvalue weighted by Crippen LogP contribution is 2.16. The Labute approximate surface area is 152 Å². The summed E-state index contributed by atoms with van der Waals surface area (Å²) in [6, 6.07) is 9.01. The summed E-state index contributed by atoms with van der Waals surface area (Å²) in [5.74, 6) is 0.139. The molecule has 0 aliphatic carbocycles.